The number of aliphatic hydroxyl groups is 2. The van der Waals surface area contributed by atoms with E-state index in [9.17, 15) is 10.2 Å². The Morgan fingerprint density at radius 2 is 1.52 bits per heavy atom. The molecule has 0 amide bonds. The number of hydrogen-bond acceptors (Lipinski definition) is 3. The minimum Gasteiger partial charge on any atom is -0.389 e. The molecule has 2 unspecified atom stereocenters. The predicted molar refractivity (Wildman–Crippen MR) is 91.6 cm³/mol. The van der Waals surface area contributed by atoms with Crippen LogP contribution in [0.1, 0.15) is 79.6 Å². The second kappa shape index (κ2) is 11.4. The fourth-order valence-electron chi connectivity index (χ4n) is 2.53. The molecule has 0 aromatic heterocycles. The third-order valence-corrected chi connectivity index (χ3v) is 4.27. The number of hydrogen-bond donors (Lipinski definition) is 2. The number of nitrogens with zero attached hydrogens (tertiary/aromatic N) is 1. The van der Waals surface area contributed by atoms with Crippen LogP contribution in [0.15, 0.2) is 0 Å². The molecule has 0 saturated heterocycles. The Hall–Kier alpha value is -0.120. The summed E-state index contributed by atoms with van der Waals surface area (Å²) in [6.07, 6.45) is 6.77. The van der Waals surface area contributed by atoms with E-state index in [0.29, 0.717) is 18.9 Å². The summed E-state index contributed by atoms with van der Waals surface area (Å²) in [7, 11) is 0. The van der Waals surface area contributed by atoms with Crippen LogP contribution in [0.25, 0.3) is 0 Å². The Balaban J connectivity index is 4.30. The molecule has 3 nitrogen and oxygen atoms in total. The van der Waals surface area contributed by atoms with Crippen LogP contribution in [0, 0.1) is 5.92 Å². The molecular weight excluding hydrogens is 262 g/mol. The highest BCUT2D eigenvalue weighted by Gasteiger charge is 2.31. The van der Waals surface area contributed by atoms with Gasteiger partial charge in [0.25, 0.3) is 0 Å². The van der Waals surface area contributed by atoms with Crippen molar-refractivity contribution >= 4 is 0 Å². The average molecular weight is 302 g/mol. The van der Waals surface area contributed by atoms with Gasteiger partial charge in [0, 0.05) is 6.54 Å². The van der Waals surface area contributed by atoms with E-state index in [1.807, 2.05) is 0 Å². The van der Waals surface area contributed by atoms with Gasteiger partial charge in [-0.2, -0.15) is 0 Å². The topological polar surface area (TPSA) is 43.7 Å². The molecule has 3 heteroatoms. The van der Waals surface area contributed by atoms with Gasteiger partial charge in [-0.15, -0.1) is 0 Å². The van der Waals surface area contributed by atoms with E-state index in [4.69, 9.17) is 0 Å². The summed E-state index contributed by atoms with van der Waals surface area (Å²) in [5.41, 5.74) is -0.967. The number of unbranched alkanes of at least 4 members (excludes halogenated alkanes) is 2. The van der Waals surface area contributed by atoms with Crippen molar-refractivity contribution in [2.75, 3.05) is 19.6 Å². The fourth-order valence-corrected chi connectivity index (χ4v) is 2.53. The molecule has 128 valence electrons. The summed E-state index contributed by atoms with van der Waals surface area (Å²) in [5, 5.41) is 20.9. The lowest BCUT2D eigenvalue weighted by Gasteiger charge is -2.33. The van der Waals surface area contributed by atoms with Crippen LogP contribution in [0.4, 0.5) is 0 Å². The average Bonchev–Trinajstić information content (AvgIpc) is 2.40. The maximum Gasteiger partial charge on any atom is 0.0950 e. The van der Waals surface area contributed by atoms with Gasteiger partial charge in [-0.3, -0.25) is 0 Å². The van der Waals surface area contributed by atoms with E-state index >= 15 is 0 Å². The molecule has 0 saturated carbocycles. The SMILES string of the molecule is CCCCN(CCCC)CC(O)C(C)(O)CCCC(C)C. The molecule has 0 rings (SSSR count). The molecule has 0 bridgehead atoms. The lowest BCUT2D eigenvalue weighted by molar-refractivity contribution is -0.0804. The molecule has 2 N–H and O–H groups in total. The first kappa shape index (κ1) is 20.9. The van der Waals surface area contributed by atoms with Gasteiger partial charge in [-0.1, -0.05) is 53.4 Å². The molecule has 0 aliphatic rings. The Kier molecular flexibility index (Phi) is 11.4. The molecule has 0 spiro atoms. The molecule has 2 atom stereocenters. The maximum absolute atomic E-state index is 10.5. The molecule has 21 heavy (non-hydrogen) atoms. The van der Waals surface area contributed by atoms with Crippen molar-refractivity contribution in [3.05, 3.63) is 0 Å². The van der Waals surface area contributed by atoms with Crippen LogP contribution in [0.5, 0.6) is 0 Å². The van der Waals surface area contributed by atoms with E-state index in [0.717, 1.165) is 38.8 Å². The zero-order chi connectivity index (χ0) is 16.3. The van der Waals surface area contributed by atoms with E-state index < -0.39 is 11.7 Å². The Morgan fingerprint density at radius 1 is 1.00 bits per heavy atom. The van der Waals surface area contributed by atoms with Crippen molar-refractivity contribution in [2.24, 2.45) is 5.92 Å². The van der Waals surface area contributed by atoms with E-state index in [-0.39, 0.29) is 0 Å². The van der Waals surface area contributed by atoms with Crippen LogP contribution in [-0.2, 0) is 0 Å². The van der Waals surface area contributed by atoms with Crippen LogP contribution < -0.4 is 0 Å². The highest BCUT2D eigenvalue weighted by atomic mass is 16.3. The van der Waals surface area contributed by atoms with Crippen LogP contribution in [0.3, 0.4) is 0 Å². The first-order valence-electron chi connectivity index (χ1n) is 8.96. The zero-order valence-corrected chi connectivity index (χ0v) is 15.1. The summed E-state index contributed by atoms with van der Waals surface area (Å²) < 4.78 is 0. The monoisotopic (exact) mass is 301 g/mol. The van der Waals surface area contributed by atoms with Crippen molar-refractivity contribution in [1.82, 2.24) is 4.90 Å². The van der Waals surface area contributed by atoms with Crippen molar-refractivity contribution in [2.45, 2.75) is 91.3 Å². The van der Waals surface area contributed by atoms with Crippen LogP contribution >= 0.6 is 0 Å². The molecular formula is C18H39NO2. The smallest absolute Gasteiger partial charge is 0.0950 e. The lowest BCUT2D eigenvalue weighted by atomic mass is 9.90. The zero-order valence-electron chi connectivity index (χ0n) is 15.1. The molecule has 0 aliphatic carbocycles. The van der Waals surface area contributed by atoms with Gasteiger partial charge in [0.1, 0.15) is 0 Å². The maximum atomic E-state index is 10.5. The molecule has 0 aliphatic heterocycles. The third-order valence-electron chi connectivity index (χ3n) is 4.27. The first-order valence-corrected chi connectivity index (χ1v) is 8.96. The molecule has 0 aromatic carbocycles. The summed E-state index contributed by atoms with van der Waals surface area (Å²) in [5.74, 6) is 0.656. The molecule has 0 heterocycles. The summed E-state index contributed by atoms with van der Waals surface area (Å²) in [6.45, 7) is 13.2. The second-order valence-corrected chi connectivity index (χ2v) is 7.17. The van der Waals surface area contributed by atoms with Gasteiger partial charge in [0.05, 0.1) is 11.7 Å². The first-order chi connectivity index (χ1) is 9.83. The normalized spacial score (nSPS) is 16.4. The second-order valence-electron chi connectivity index (χ2n) is 7.17. The number of aliphatic hydroxyl groups excluding tert-OH is 1. The Bertz CT molecular complexity index is 233. The minimum atomic E-state index is -0.967. The van der Waals surface area contributed by atoms with Gasteiger partial charge in [0.2, 0.25) is 0 Å². The van der Waals surface area contributed by atoms with Crippen molar-refractivity contribution in [3.63, 3.8) is 0 Å². The Labute approximate surface area is 132 Å². The van der Waals surface area contributed by atoms with Gasteiger partial charge in [0.15, 0.2) is 0 Å². The van der Waals surface area contributed by atoms with Crippen molar-refractivity contribution < 1.29 is 10.2 Å². The largest absolute Gasteiger partial charge is 0.389 e. The van der Waals surface area contributed by atoms with Crippen LogP contribution in [-0.4, -0.2) is 46.5 Å². The third kappa shape index (κ3) is 10.3. The predicted octanol–water partition coefficient (Wildman–Crippen LogP) is 3.83. The summed E-state index contributed by atoms with van der Waals surface area (Å²) >= 11 is 0. The fraction of sp³-hybridized carbons (Fsp3) is 1.00. The van der Waals surface area contributed by atoms with E-state index in [1.54, 1.807) is 6.92 Å². The van der Waals surface area contributed by atoms with Gasteiger partial charge in [-0.25, -0.2) is 0 Å². The highest BCUT2D eigenvalue weighted by Crippen LogP contribution is 2.21. The highest BCUT2D eigenvalue weighted by molar-refractivity contribution is 4.84. The lowest BCUT2D eigenvalue weighted by Crippen LogP contribution is -2.47. The van der Waals surface area contributed by atoms with Crippen molar-refractivity contribution in [3.8, 4) is 0 Å². The van der Waals surface area contributed by atoms with Crippen molar-refractivity contribution in [1.29, 1.82) is 0 Å². The summed E-state index contributed by atoms with van der Waals surface area (Å²) in [6, 6.07) is 0. The van der Waals surface area contributed by atoms with Gasteiger partial charge in [-0.05, 0) is 45.2 Å². The van der Waals surface area contributed by atoms with Gasteiger partial charge >= 0.3 is 0 Å². The van der Waals surface area contributed by atoms with Crippen LogP contribution in [0.2, 0.25) is 0 Å². The minimum absolute atomic E-state index is 0.592. The van der Waals surface area contributed by atoms with E-state index in [1.165, 1.54) is 12.8 Å². The Morgan fingerprint density at radius 3 is 1.95 bits per heavy atom. The number of rotatable bonds is 13. The standard InChI is InChI=1S/C18H39NO2/c1-6-8-13-19(14-9-7-2)15-17(20)18(5,21)12-10-11-16(3)4/h16-17,20-21H,6-15H2,1-5H3. The van der Waals surface area contributed by atoms with Gasteiger partial charge < -0.3 is 15.1 Å². The summed E-state index contributed by atoms with van der Waals surface area (Å²) in [4.78, 5) is 2.31. The quantitative estimate of drug-likeness (QED) is 0.543. The molecule has 0 fully saturated rings. The molecule has 0 radical (unpaired) electrons. The van der Waals surface area contributed by atoms with E-state index in [2.05, 4.69) is 32.6 Å². The molecule has 0 aromatic rings.